The highest BCUT2D eigenvalue weighted by atomic mass is 79.9. The van der Waals surface area contributed by atoms with E-state index in [0.29, 0.717) is 29.7 Å². The molecule has 6 heteroatoms. The maximum absolute atomic E-state index is 13.3. The van der Waals surface area contributed by atoms with Gasteiger partial charge in [0.2, 0.25) is 11.7 Å². The molecule has 1 aromatic heterocycles. The Morgan fingerprint density at radius 1 is 1.40 bits per heavy atom. The Bertz CT molecular complexity index is 573. The number of aromatic nitrogens is 2. The molecule has 1 atom stereocenters. The molecular weight excluding hydrogens is 325 g/mol. The van der Waals surface area contributed by atoms with E-state index in [2.05, 4.69) is 45.2 Å². The number of likely N-dealkylation sites (N-methyl/N-ethyl adjacent to an activating group) is 1. The molecule has 0 aliphatic carbocycles. The molecule has 1 heterocycles. The van der Waals surface area contributed by atoms with Crippen LogP contribution in [0.4, 0.5) is 4.39 Å². The van der Waals surface area contributed by atoms with Crippen LogP contribution in [0.3, 0.4) is 0 Å². The van der Waals surface area contributed by atoms with Gasteiger partial charge in [-0.2, -0.15) is 4.98 Å². The Balaban J connectivity index is 2.18. The monoisotopic (exact) mass is 341 g/mol. The molecule has 2 rings (SSSR count). The van der Waals surface area contributed by atoms with Gasteiger partial charge in [-0.15, -0.1) is 0 Å². The summed E-state index contributed by atoms with van der Waals surface area (Å²) in [6, 6.07) is 4.71. The molecule has 2 aromatic rings. The number of halogens is 2. The van der Waals surface area contributed by atoms with Gasteiger partial charge in [0.25, 0.3) is 0 Å². The van der Waals surface area contributed by atoms with Crippen LogP contribution >= 0.6 is 15.9 Å². The van der Waals surface area contributed by atoms with E-state index in [4.69, 9.17) is 4.52 Å². The SMILES string of the molecule is CCNC(CC)Cc1nc(-c2cc(F)ccc2Br)no1. The van der Waals surface area contributed by atoms with Crippen LogP contribution in [0.5, 0.6) is 0 Å². The number of benzene rings is 1. The number of nitrogens with one attached hydrogen (secondary N) is 1. The fourth-order valence-electron chi connectivity index (χ4n) is 1.98. The summed E-state index contributed by atoms with van der Waals surface area (Å²) in [5, 5.41) is 7.28. The van der Waals surface area contributed by atoms with E-state index >= 15 is 0 Å². The van der Waals surface area contributed by atoms with Crippen molar-refractivity contribution >= 4 is 15.9 Å². The minimum Gasteiger partial charge on any atom is -0.339 e. The average Bonchev–Trinajstić information content (AvgIpc) is 2.89. The first-order valence-corrected chi connectivity index (χ1v) is 7.44. The molecule has 1 unspecified atom stereocenters. The summed E-state index contributed by atoms with van der Waals surface area (Å²) in [7, 11) is 0. The van der Waals surface area contributed by atoms with Gasteiger partial charge in [0, 0.05) is 22.5 Å². The fourth-order valence-corrected chi connectivity index (χ4v) is 2.40. The molecule has 0 aliphatic heterocycles. The van der Waals surface area contributed by atoms with Crippen molar-refractivity contribution in [3.63, 3.8) is 0 Å². The predicted molar refractivity (Wildman–Crippen MR) is 78.9 cm³/mol. The molecule has 4 nitrogen and oxygen atoms in total. The third-order valence-corrected chi connectivity index (χ3v) is 3.74. The van der Waals surface area contributed by atoms with Crippen molar-refractivity contribution in [3.8, 4) is 11.4 Å². The maximum Gasteiger partial charge on any atom is 0.228 e. The van der Waals surface area contributed by atoms with Gasteiger partial charge in [-0.1, -0.05) is 34.9 Å². The normalized spacial score (nSPS) is 12.6. The molecule has 0 saturated carbocycles. The summed E-state index contributed by atoms with van der Waals surface area (Å²) < 4.78 is 19.3. The van der Waals surface area contributed by atoms with Crippen LogP contribution in [0.25, 0.3) is 11.4 Å². The van der Waals surface area contributed by atoms with E-state index in [1.807, 2.05) is 0 Å². The van der Waals surface area contributed by atoms with Gasteiger partial charge in [0.05, 0.1) is 0 Å². The first-order valence-electron chi connectivity index (χ1n) is 6.65. The van der Waals surface area contributed by atoms with Gasteiger partial charge >= 0.3 is 0 Å². The molecule has 1 N–H and O–H groups in total. The zero-order valence-corrected chi connectivity index (χ0v) is 13.1. The second-order valence-electron chi connectivity index (χ2n) is 4.50. The standard InChI is InChI=1S/C14H17BrFN3O/c1-3-10(17-4-2)8-13-18-14(19-20-13)11-7-9(16)5-6-12(11)15/h5-7,10,17H,3-4,8H2,1-2H3. The number of rotatable bonds is 6. The van der Waals surface area contributed by atoms with E-state index in [9.17, 15) is 4.39 Å². The van der Waals surface area contributed by atoms with Crippen molar-refractivity contribution in [2.75, 3.05) is 6.54 Å². The van der Waals surface area contributed by atoms with E-state index in [1.54, 1.807) is 6.07 Å². The van der Waals surface area contributed by atoms with Crippen LogP contribution in [0.15, 0.2) is 27.2 Å². The van der Waals surface area contributed by atoms with Crippen molar-refractivity contribution in [1.82, 2.24) is 15.5 Å². The third kappa shape index (κ3) is 3.64. The van der Waals surface area contributed by atoms with E-state index in [0.717, 1.165) is 17.4 Å². The quantitative estimate of drug-likeness (QED) is 0.872. The van der Waals surface area contributed by atoms with E-state index < -0.39 is 0 Å². The van der Waals surface area contributed by atoms with Gasteiger partial charge in [-0.05, 0) is 31.2 Å². The van der Waals surface area contributed by atoms with Gasteiger partial charge in [0.15, 0.2) is 0 Å². The van der Waals surface area contributed by atoms with Crippen molar-refractivity contribution in [3.05, 3.63) is 34.4 Å². The Kier molecular flexibility index (Phi) is 5.25. The maximum atomic E-state index is 13.3. The summed E-state index contributed by atoms with van der Waals surface area (Å²) in [6.07, 6.45) is 1.65. The topological polar surface area (TPSA) is 51.0 Å². The molecular formula is C14H17BrFN3O. The van der Waals surface area contributed by atoms with Crippen molar-refractivity contribution in [2.24, 2.45) is 0 Å². The zero-order valence-electron chi connectivity index (χ0n) is 11.5. The van der Waals surface area contributed by atoms with Crippen LogP contribution in [0, 0.1) is 5.82 Å². The molecule has 1 aromatic carbocycles. The van der Waals surface area contributed by atoms with E-state index in [-0.39, 0.29) is 5.82 Å². The summed E-state index contributed by atoms with van der Waals surface area (Å²) in [5.41, 5.74) is 0.594. The number of hydrogen-bond donors (Lipinski definition) is 1. The smallest absolute Gasteiger partial charge is 0.228 e. The molecule has 0 aliphatic rings. The highest BCUT2D eigenvalue weighted by Crippen LogP contribution is 2.26. The van der Waals surface area contributed by atoms with Gasteiger partial charge in [-0.25, -0.2) is 4.39 Å². The van der Waals surface area contributed by atoms with Crippen molar-refractivity contribution in [2.45, 2.75) is 32.7 Å². The van der Waals surface area contributed by atoms with Crippen LogP contribution in [0.1, 0.15) is 26.2 Å². The van der Waals surface area contributed by atoms with Gasteiger partial charge in [-0.3, -0.25) is 0 Å². The second-order valence-corrected chi connectivity index (χ2v) is 5.36. The lowest BCUT2D eigenvalue weighted by molar-refractivity contribution is 0.355. The first kappa shape index (κ1) is 15.1. The summed E-state index contributed by atoms with van der Waals surface area (Å²) in [5.74, 6) is 0.635. The Labute approximate surface area is 125 Å². The molecule has 0 amide bonds. The van der Waals surface area contributed by atoms with Crippen molar-refractivity contribution in [1.29, 1.82) is 0 Å². The number of hydrogen-bond acceptors (Lipinski definition) is 4. The van der Waals surface area contributed by atoms with Crippen LogP contribution in [0.2, 0.25) is 0 Å². The highest BCUT2D eigenvalue weighted by molar-refractivity contribution is 9.10. The van der Waals surface area contributed by atoms with E-state index in [1.165, 1.54) is 12.1 Å². The number of nitrogens with zero attached hydrogens (tertiary/aromatic N) is 2. The van der Waals surface area contributed by atoms with Crippen LogP contribution in [-0.4, -0.2) is 22.7 Å². The summed E-state index contributed by atoms with van der Waals surface area (Å²) in [6.45, 7) is 5.06. The summed E-state index contributed by atoms with van der Waals surface area (Å²) >= 11 is 3.37. The lowest BCUT2D eigenvalue weighted by atomic mass is 10.1. The van der Waals surface area contributed by atoms with Crippen molar-refractivity contribution < 1.29 is 8.91 Å². The van der Waals surface area contributed by atoms with Crippen LogP contribution in [-0.2, 0) is 6.42 Å². The molecule has 0 radical (unpaired) electrons. The zero-order chi connectivity index (χ0) is 14.5. The first-order chi connectivity index (χ1) is 9.63. The Hall–Kier alpha value is -1.27. The van der Waals surface area contributed by atoms with Gasteiger partial charge < -0.3 is 9.84 Å². The lowest BCUT2D eigenvalue weighted by Crippen LogP contribution is -2.30. The highest BCUT2D eigenvalue weighted by Gasteiger charge is 2.15. The van der Waals surface area contributed by atoms with Gasteiger partial charge in [0.1, 0.15) is 5.82 Å². The lowest BCUT2D eigenvalue weighted by Gasteiger charge is -2.12. The minimum absolute atomic E-state index is 0.309. The molecule has 20 heavy (non-hydrogen) atoms. The Morgan fingerprint density at radius 2 is 2.20 bits per heavy atom. The third-order valence-electron chi connectivity index (χ3n) is 3.04. The molecule has 108 valence electrons. The molecule has 0 fully saturated rings. The second kappa shape index (κ2) is 6.95. The fraction of sp³-hybridized carbons (Fsp3) is 0.429. The molecule has 0 saturated heterocycles. The molecule has 0 bridgehead atoms. The largest absolute Gasteiger partial charge is 0.339 e. The Morgan fingerprint density at radius 3 is 2.90 bits per heavy atom. The van der Waals surface area contributed by atoms with Crippen LogP contribution < -0.4 is 5.32 Å². The average molecular weight is 342 g/mol. The predicted octanol–water partition coefficient (Wildman–Crippen LogP) is 3.57. The summed E-state index contributed by atoms with van der Waals surface area (Å²) in [4.78, 5) is 4.34. The minimum atomic E-state index is -0.325. The molecule has 0 spiro atoms.